The van der Waals surface area contributed by atoms with Crippen LogP contribution in [-0.2, 0) is 22.7 Å². The van der Waals surface area contributed by atoms with Gasteiger partial charge in [-0.15, -0.1) is 11.8 Å². The van der Waals surface area contributed by atoms with Crippen molar-refractivity contribution < 1.29 is 14.0 Å². The van der Waals surface area contributed by atoms with Crippen LogP contribution < -0.4 is 5.32 Å². The molecule has 0 saturated heterocycles. The number of para-hydroxylation sites is 1. The second kappa shape index (κ2) is 10.3. The van der Waals surface area contributed by atoms with Gasteiger partial charge in [-0.3, -0.25) is 9.59 Å². The van der Waals surface area contributed by atoms with Crippen LogP contribution in [0.3, 0.4) is 0 Å². The fraction of sp³-hybridized carbons (Fsp3) is 0.304. The van der Waals surface area contributed by atoms with Crippen LogP contribution >= 0.6 is 11.8 Å². The highest BCUT2D eigenvalue weighted by molar-refractivity contribution is 8.00. The van der Waals surface area contributed by atoms with E-state index in [4.69, 9.17) is 0 Å². The molecule has 1 N–H and O–H groups in total. The first kappa shape index (κ1) is 21.9. The van der Waals surface area contributed by atoms with Crippen LogP contribution in [0.25, 0.3) is 10.9 Å². The van der Waals surface area contributed by atoms with Crippen LogP contribution in [0.4, 0.5) is 4.39 Å². The Labute approximate surface area is 180 Å². The lowest BCUT2D eigenvalue weighted by Crippen LogP contribution is -2.33. The molecule has 0 spiro atoms. The third kappa shape index (κ3) is 5.42. The number of fused-ring (bicyclic) bond motifs is 1. The van der Waals surface area contributed by atoms with E-state index in [0.717, 1.165) is 21.4 Å². The van der Waals surface area contributed by atoms with E-state index in [1.54, 1.807) is 12.1 Å². The first-order valence-electron chi connectivity index (χ1n) is 10.0. The Hall–Kier alpha value is -2.80. The van der Waals surface area contributed by atoms with Gasteiger partial charge in [-0.1, -0.05) is 30.3 Å². The summed E-state index contributed by atoms with van der Waals surface area (Å²) in [5.74, 6) is -0.0506. The number of thioether (sulfide) groups is 1. The molecule has 0 fully saturated rings. The van der Waals surface area contributed by atoms with Gasteiger partial charge in [0.15, 0.2) is 0 Å². The summed E-state index contributed by atoms with van der Waals surface area (Å²) in [7, 11) is 0. The van der Waals surface area contributed by atoms with Crippen LogP contribution in [-0.4, -0.2) is 40.1 Å². The van der Waals surface area contributed by atoms with Gasteiger partial charge in [0.25, 0.3) is 0 Å². The number of aromatic nitrogens is 1. The average molecular weight is 428 g/mol. The van der Waals surface area contributed by atoms with Crippen molar-refractivity contribution in [3.63, 3.8) is 0 Å². The molecular formula is C23H26FN3O2S. The summed E-state index contributed by atoms with van der Waals surface area (Å²) in [4.78, 5) is 27.6. The highest BCUT2D eigenvalue weighted by Crippen LogP contribution is 2.30. The molecule has 3 aromatic rings. The Kier molecular flexibility index (Phi) is 7.52. The third-order valence-corrected chi connectivity index (χ3v) is 5.98. The minimum absolute atomic E-state index is 0.0781. The molecule has 0 aliphatic carbocycles. The minimum atomic E-state index is -0.295. The van der Waals surface area contributed by atoms with Crippen molar-refractivity contribution >= 4 is 34.5 Å². The first-order valence-corrected chi connectivity index (χ1v) is 11.0. The average Bonchev–Trinajstić information content (AvgIpc) is 3.10. The third-order valence-electron chi connectivity index (χ3n) is 4.94. The standard InChI is InChI=1S/C23H26FN3O2S/c1-3-26(4-2)23(29)15-27-14-21(19-7-5-6-8-20(19)27)30-16-22(28)25-13-17-9-11-18(24)12-10-17/h5-12,14H,3-4,13,15-16H2,1-2H3,(H,25,28). The molecule has 2 aromatic carbocycles. The van der Waals surface area contributed by atoms with Crippen LogP contribution in [0.1, 0.15) is 19.4 Å². The van der Waals surface area contributed by atoms with Crippen LogP contribution in [0.2, 0.25) is 0 Å². The van der Waals surface area contributed by atoms with E-state index in [1.807, 2.05) is 53.8 Å². The summed E-state index contributed by atoms with van der Waals surface area (Å²) in [6.07, 6.45) is 1.95. The van der Waals surface area contributed by atoms with Gasteiger partial charge in [-0.05, 0) is 37.6 Å². The van der Waals surface area contributed by atoms with Gasteiger partial charge in [0.2, 0.25) is 11.8 Å². The van der Waals surface area contributed by atoms with Gasteiger partial charge in [0.1, 0.15) is 12.4 Å². The number of carbonyl (C=O) groups is 2. The van der Waals surface area contributed by atoms with Crippen molar-refractivity contribution in [1.82, 2.24) is 14.8 Å². The summed E-state index contributed by atoms with van der Waals surface area (Å²) < 4.78 is 14.9. The van der Waals surface area contributed by atoms with E-state index in [0.29, 0.717) is 19.6 Å². The van der Waals surface area contributed by atoms with Crippen molar-refractivity contribution in [2.24, 2.45) is 0 Å². The van der Waals surface area contributed by atoms with Crippen LogP contribution in [0, 0.1) is 5.82 Å². The van der Waals surface area contributed by atoms with E-state index in [2.05, 4.69) is 5.32 Å². The largest absolute Gasteiger partial charge is 0.351 e. The molecule has 5 nitrogen and oxygen atoms in total. The number of likely N-dealkylation sites (N-methyl/N-ethyl adjacent to an activating group) is 1. The van der Waals surface area contributed by atoms with E-state index in [1.165, 1.54) is 23.9 Å². The molecule has 7 heteroatoms. The van der Waals surface area contributed by atoms with E-state index >= 15 is 0 Å². The molecule has 3 rings (SSSR count). The van der Waals surface area contributed by atoms with Gasteiger partial charge >= 0.3 is 0 Å². The Morgan fingerprint density at radius 1 is 1.07 bits per heavy atom. The fourth-order valence-electron chi connectivity index (χ4n) is 3.28. The Morgan fingerprint density at radius 2 is 1.77 bits per heavy atom. The van der Waals surface area contributed by atoms with Gasteiger partial charge < -0.3 is 14.8 Å². The number of carbonyl (C=O) groups excluding carboxylic acids is 2. The zero-order valence-electron chi connectivity index (χ0n) is 17.2. The van der Waals surface area contributed by atoms with Gasteiger partial charge in [-0.25, -0.2) is 4.39 Å². The number of nitrogens with zero attached hydrogens (tertiary/aromatic N) is 2. The molecule has 0 aliphatic rings. The highest BCUT2D eigenvalue weighted by Gasteiger charge is 2.15. The van der Waals surface area contributed by atoms with Crippen molar-refractivity contribution in [3.05, 3.63) is 66.1 Å². The molecule has 1 heterocycles. The van der Waals surface area contributed by atoms with Crippen molar-refractivity contribution in [1.29, 1.82) is 0 Å². The highest BCUT2D eigenvalue weighted by atomic mass is 32.2. The van der Waals surface area contributed by atoms with Gasteiger partial charge in [0.05, 0.1) is 5.75 Å². The number of nitrogens with one attached hydrogen (secondary N) is 1. The number of halogens is 1. The molecule has 0 bridgehead atoms. The van der Waals surface area contributed by atoms with Crippen LogP contribution in [0.15, 0.2) is 59.6 Å². The molecule has 158 valence electrons. The number of benzene rings is 2. The van der Waals surface area contributed by atoms with E-state index in [9.17, 15) is 14.0 Å². The summed E-state index contributed by atoms with van der Waals surface area (Å²) in [5.41, 5.74) is 1.83. The topological polar surface area (TPSA) is 54.3 Å². The lowest BCUT2D eigenvalue weighted by molar-refractivity contribution is -0.131. The predicted octanol–water partition coefficient (Wildman–Crippen LogP) is 4.06. The van der Waals surface area contributed by atoms with Gasteiger partial charge in [-0.2, -0.15) is 0 Å². The molecule has 1 aromatic heterocycles. The molecule has 0 saturated carbocycles. The quantitative estimate of drug-likeness (QED) is 0.524. The maximum absolute atomic E-state index is 13.0. The predicted molar refractivity (Wildman–Crippen MR) is 119 cm³/mol. The normalized spacial score (nSPS) is 10.9. The monoisotopic (exact) mass is 427 g/mol. The molecule has 0 aliphatic heterocycles. The molecule has 0 unspecified atom stereocenters. The molecule has 30 heavy (non-hydrogen) atoms. The Morgan fingerprint density at radius 3 is 2.47 bits per heavy atom. The summed E-state index contributed by atoms with van der Waals surface area (Å²) in [6, 6.07) is 14.0. The number of rotatable bonds is 9. The maximum atomic E-state index is 13.0. The minimum Gasteiger partial charge on any atom is -0.351 e. The lowest BCUT2D eigenvalue weighted by Gasteiger charge is -2.19. The lowest BCUT2D eigenvalue weighted by atomic mass is 10.2. The zero-order chi connectivity index (χ0) is 21.5. The zero-order valence-corrected chi connectivity index (χ0v) is 18.0. The van der Waals surface area contributed by atoms with Crippen molar-refractivity contribution in [3.8, 4) is 0 Å². The summed E-state index contributed by atoms with van der Waals surface area (Å²) >= 11 is 1.45. The Bertz CT molecular complexity index is 1010. The second-order valence-corrected chi connectivity index (χ2v) is 7.91. The van der Waals surface area contributed by atoms with Gasteiger partial charge in [0, 0.05) is 41.6 Å². The number of hydrogen-bond acceptors (Lipinski definition) is 3. The maximum Gasteiger partial charge on any atom is 0.242 e. The van der Waals surface area contributed by atoms with Crippen LogP contribution in [0.5, 0.6) is 0 Å². The fourth-order valence-corrected chi connectivity index (χ4v) is 4.20. The number of amides is 2. The Balaban J connectivity index is 1.65. The van der Waals surface area contributed by atoms with E-state index in [-0.39, 0.29) is 29.9 Å². The molecular weight excluding hydrogens is 401 g/mol. The van der Waals surface area contributed by atoms with Crippen molar-refractivity contribution in [2.75, 3.05) is 18.8 Å². The SMILES string of the molecule is CCN(CC)C(=O)Cn1cc(SCC(=O)NCc2ccc(F)cc2)c2ccccc21. The smallest absolute Gasteiger partial charge is 0.242 e. The summed E-state index contributed by atoms with van der Waals surface area (Å²) in [5, 5.41) is 3.88. The molecule has 0 radical (unpaired) electrons. The molecule has 0 atom stereocenters. The second-order valence-electron chi connectivity index (χ2n) is 6.90. The first-order chi connectivity index (χ1) is 14.5. The molecule has 2 amide bonds. The number of hydrogen-bond donors (Lipinski definition) is 1. The van der Waals surface area contributed by atoms with E-state index < -0.39 is 0 Å². The van der Waals surface area contributed by atoms with Crippen molar-refractivity contribution in [2.45, 2.75) is 31.8 Å². The summed E-state index contributed by atoms with van der Waals surface area (Å²) in [6.45, 7) is 5.95.